The molecule has 0 unspecified atom stereocenters. The Morgan fingerprint density at radius 1 is 0.769 bits per heavy atom. The fourth-order valence-electron chi connectivity index (χ4n) is 2.53. The summed E-state index contributed by atoms with van der Waals surface area (Å²) >= 11 is 1.59. The van der Waals surface area contributed by atoms with Crippen LogP contribution < -0.4 is 0 Å². The third-order valence-electron chi connectivity index (χ3n) is 3.80. The van der Waals surface area contributed by atoms with Gasteiger partial charge in [0.15, 0.2) is 0 Å². The molecule has 0 saturated heterocycles. The second-order valence-electron chi connectivity index (χ2n) is 5.65. The Kier molecular flexibility index (Phi) is 4.85. The third kappa shape index (κ3) is 3.71. The molecule has 0 aliphatic heterocycles. The van der Waals surface area contributed by atoms with Crippen molar-refractivity contribution >= 4 is 21.9 Å². The first kappa shape index (κ1) is 16.2. The van der Waals surface area contributed by atoms with Gasteiger partial charge in [0, 0.05) is 11.1 Å². The van der Waals surface area contributed by atoms with Gasteiger partial charge in [0.2, 0.25) is 4.96 Å². The SMILES string of the molecule is C1=C\C=C/C(c2nn3cc(-c4ccccccccc4)nc3s2)=C\C=C/1. The zero-order valence-electron chi connectivity index (χ0n) is 14.1. The van der Waals surface area contributed by atoms with E-state index >= 15 is 0 Å². The van der Waals surface area contributed by atoms with Gasteiger partial charge in [0.05, 0.1) is 11.9 Å². The van der Waals surface area contributed by atoms with Gasteiger partial charge in [0.25, 0.3) is 0 Å². The number of imidazole rings is 1. The molecule has 1 aliphatic rings. The molecule has 4 rings (SSSR count). The monoisotopic (exact) mass is 355 g/mol. The third-order valence-corrected chi connectivity index (χ3v) is 4.77. The van der Waals surface area contributed by atoms with E-state index < -0.39 is 0 Å². The maximum absolute atomic E-state index is 4.76. The standard InChI is InChI=1S/C22H17N3S/c1-2-5-9-13-18(14-10-6-3-1)20-17-25-22(23-20)26-21(24-25)19-15-11-7-4-8-12-16-19/h1-17H/b2-1?,3-1?,5-2?,6-3?,7-4-,8-4?,9-5?,10-6?,11-7?,12-8-,13-9?,14-10?,15-11-,16-12?,18-13?,18-14?,19-15?,19-16+. The molecule has 3 nitrogen and oxygen atoms in total. The van der Waals surface area contributed by atoms with E-state index in [2.05, 4.69) is 24.3 Å². The summed E-state index contributed by atoms with van der Waals surface area (Å²) in [6.45, 7) is 0. The number of allylic oxidation sites excluding steroid dienone is 8. The van der Waals surface area contributed by atoms with Crippen molar-refractivity contribution in [1.29, 1.82) is 0 Å². The van der Waals surface area contributed by atoms with E-state index in [1.165, 1.54) is 0 Å². The number of hydrogen-bond acceptors (Lipinski definition) is 3. The van der Waals surface area contributed by atoms with E-state index in [0.717, 1.165) is 26.8 Å². The molecule has 4 heteroatoms. The predicted octanol–water partition coefficient (Wildman–Crippen LogP) is 5.65. The second-order valence-corrected chi connectivity index (χ2v) is 6.60. The molecular formula is C22H17N3S. The highest BCUT2D eigenvalue weighted by molar-refractivity contribution is 7.17. The van der Waals surface area contributed by atoms with E-state index in [1.807, 2.05) is 83.6 Å². The summed E-state index contributed by atoms with van der Waals surface area (Å²) < 4.78 is 1.86. The predicted molar refractivity (Wildman–Crippen MR) is 109 cm³/mol. The van der Waals surface area contributed by atoms with Gasteiger partial charge in [-0.3, -0.25) is 0 Å². The summed E-state index contributed by atoms with van der Waals surface area (Å²) in [5.41, 5.74) is 3.05. The largest absolute Gasteiger partial charge is 0.217 e. The van der Waals surface area contributed by atoms with Crippen LogP contribution in [0.1, 0.15) is 5.01 Å². The van der Waals surface area contributed by atoms with E-state index in [0.29, 0.717) is 0 Å². The van der Waals surface area contributed by atoms with Gasteiger partial charge >= 0.3 is 0 Å². The maximum Gasteiger partial charge on any atom is 0.213 e. The molecule has 0 saturated carbocycles. The molecule has 0 spiro atoms. The van der Waals surface area contributed by atoms with Crippen LogP contribution in [0.15, 0.2) is 103 Å². The average Bonchev–Trinajstić information content (AvgIpc) is 3.18. The highest BCUT2D eigenvalue weighted by Gasteiger charge is 2.11. The molecule has 0 N–H and O–H groups in total. The molecule has 1 aliphatic carbocycles. The number of hydrogen-bond donors (Lipinski definition) is 0. The van der Waals surface area contributed by atoms with Crippen LogP contribution in [0.4, 0.5) is 0 Å². The first-order valence-electron chi connectivity index (χ1n) is 8.37. The fourth-order valence-corrected chi connectivity index (χ4v) is 3.42. The second kappa shape index (κ2) is 7.76. The van der Waals surface area contributed by atoms with Gasteiger partial charge in [-0.25, -0.2) is 9.50 Å². The van der Waals surface area contributed by atoms with Gasteiger partial charge in [-0.1, -0.05) is 108 Å². The quantitative estimate of drug-likeness (QED) is 0.595. The topological polar surface area (TPSA) is 30.2 Å². The lowest BCUT2D eigenvalue weighted by Gasteiger charge is -1.95. The van der Waals surface area contributed by atoms with E-state index in [-0.39, 0.29) is 0 Å². The highest BCUT2D eigenvalue weighted by Crippen LogP contribution is 2.26. The molecule has 126 valence electrons. The van der Waals surface area contributed by atoms with Crippen LogP contribution >= 0.6 is 11.3 Å². The average molecular weight is 355 g/mol. The van der Waals surface area contributed by atoms with E-state index in [9.17, 15) is 0 Å². The number of nitrogens with zero attached hydrogens (tertiary/aromatic N) is 3. The molecule has 0 radical (unpaired) electrons. The Hall–Kier alpha value is -3.24. The van der Waals surface area contributed by atoms with E-state index in [1.54, 1.807) is 11.3 Å². The molecule has 3 aromatic rings. The fraction of sp³-hybridized carbons (Fsp3) is 0. The highest BCUT2D eigenvalue weighted by atomic mass is 32.1. The Balaban J connectivity index is 1.71. The van der Waals surface area contributed by atoms with Gasteiger partial charge in [-0.15, -0.1) is 0 Å². The summed E-state index contributed by atoms with van der Waals surface area (Å²) in [4.78, 5) is 5.65. The molecule has 1 aromatic carbocycles. The first-order chi connectivity index (χ1) is 12.9. The van der Waals surface area contributed by atoms with Crippen LogP contribution in [-0.4, -0.2) is 14.6 Å². The molecule has 26 heavy (non-hydrogen) atoms. The zero-order valence-corrected chi connectivity index (χ0v) is 14.9. The van der Waals surface area contributed by atoms with Crippen LogP contribution in [-0.2, 0) is 0 Å². The molecule has 2 aromatic heterocycles. The van der Waals surface area contributed by atoms with Crippen molar-refractivity contribution < 1.29 is 0 Å². The van der Waals surface area contributed by atoms with Crippen molar-refractivity contribution in [3.63, 3.8) is 0 Å². The minimum atomic E-state index is 0.886. The summed E-state index contributed by atoms with van der Waals surface area (Å²) in [5.74, 6) is 0. The van der Waals surface area contributed by atoms with Crippen molar-refractivity contribution in [2.45, 2.75) is 0 Å². The lowest BCUT2D eigenvalue weighted by atomic mass is 10.2. The normalized spacial score (nSPS) is 18.8. The van der Waals surface area contributed by atoms with Crippen molar-refractivity contribution in [3.05, 3.63) is 108 Å². The zero-order chi connectivity index (χ0) is 17.6. The first-order valence-corrected chi connectivity index (χ1v) is 9.19. The minimum Gasteiger partial charge on any atom is -0.217 e. The Labute approximate surface area is 156 Å². The Morgan fingerprint density at radius 3 is 2.23 bits per heavy atom. The summed E-state index contributed by atoms with van der Waals surface area (Å²) in [6.07, 6.45) is 16.2. The summed E-state index contributed by atoms with van der Waals surface area (Å²) in [6, 6.07) is 18.2. The lowest BCUT2D eigenvalue weighted by molar-refractivity contribution is 0.964. The van der Waals surface area contributed by atoms with Gasteiger partial charge in [-0.05, 0) is 0 Å². The molecular weight excluding hydrogens is 338 g/mol. The van der Waals surface area contributed by atoms with Gasteiger partial charge in [0.1, 0.15) is 5.01 Å². The Morgan fingerprint density at radius 2 is 1.46 bits per heavy atom. The molecule has 0 atom stereocenters. The van der Waals surface area contributed by atoms with Crippen molar-refractivity contribution in [2.75, 3.05) is 0 Å². The minimum absolute atomic E-state index is 0.886. The Bertz CT molecular complexity index is 1040. The van der Waals surface area contributed by atoms with E-state index in [4.69, 9.17) is 10.1 Å². The smallest absolute Gasteiger partial charge is 0.213 e. The van der Waals surface area contributed by atoms with Crippen molar-refractivity contribution in [2.24, 2.45) is 0 Å². The number of fused-ring (bicyclic) bond motifs is 1. The van der Waals surface area contributed by atoms with Crippen LogP contribution in [0.25, 0.3) is 21.8 Å². The van der Waals surface area contributed by atoms with Crippen LogP contribution in [0.2, 0.25) is 0 Å². The number of rotatable bonds is 2. The maximum atomic E-state index is 4.76. The summed E-state index contributed by atoms with van der Waals surface area (Å²) in [7, 11) is 0. The van der Waals surface area contributed by atoms with Crippen LogP contribution in [0.5, 0.6) is 0 Å². The lowest BCUT2D eigenvalue weighted by Crippen LogP contribution is -1.85. The van der Waals surface area contributed by atoms with Gasteiger partial charge in [-0.2, -0.15) is 5.10 Å². The molecule has 0 fully saturated rings. The summed E-state index contributed by atoms with van der Waals surface area (Å²) in [5, 5.41) is 5.66. The van der Waals surface area contributed by atoms with Crippen LogP contribution in [0.3, 0.4) is 0 Å². The van der Waals surface area contributed by atoms with Gasteiger partial charge < -0.3 is 0 Å². The number of aromatic nitrogens is 3. The van der Waals surface area contributed by atoms with Crippen molar-refractivity contribution in [1.82, 2.24) is 14.6 Å². The molecule has 0 amide bonds. The molecule has 2 heterocycles. The van der Waals surface area contributed by atoms with Crippen LogP contribution in [0, 0.1) is 0 Å². The van der Waals surface area contributed by atoms with Crippen molar-refractivity contribution in [3.8, 4) is 11.3 Å². The molecule has 0 bridgehead atoms.